The van der Waals surface area contributed by atoms with Gasteiger partial charge in [-0.15, -0.1) is 0 Å². The molecule has 0 spiro atoms. The Hall–Kier alpha value is -0.0800. The highest BCUT2D eigenvalue weighted by Crippen LogP contribution is 2.22. The maximum atomic E-state index is 9.35. The molecule has 1 heterocycles. The predicted molar refractivity (Wildman–Crippen MR) is 39.8 cm³/mol. The molecule has 10 heavy (non-hydrogen) atoms. The third-order valence-electron chi connectivity index (χ3n) is 2.08. The van der Waals surface area contributed by atoms with Crippen molar-refractivity contribution in [2.45, 2.75) is 38.9 Å². The summed E-state index contributed by atoms with van der Waals surface area (Å²) >= 11 is 0. The number of hydrogen-bond donors (Lipinski definition) is 1. The van der Waals surface area contributed by atoms with Gasteiger partial charge in [-0.1, -0.05) is 13.8 Å². The van der Waals surface area contributed by atoms with Crippen LogP contribution in [-0.2, 0) is 4.74 Å². The van der Waals surface area contributed by atoms with Crippen molar-refractivity contribution in [3.63, 3.8) is 0 Å². The average Bonchev–Trinajstić information content (AvgIpc) is 2.34. The molecule has 60 valence electrons. The van der Waals surface area contributed by atoms with Gasteiger partial charge in [-0.05, 0) is 18.8 Å². The van der Waals surface area contributed by atoms with Crippen LogP contribution < -0.4 is 0 Å². The molecule has 2 heteroatoms. The monoisotopic (exact) mass is 144 g/mol. The van der Waals surface area contributed by atoms with Gasteiger partial charge in [-0.2, -0.15) is 0 Å². The summed E-state index contributed by atoms with van der Waals surface area (Å²) in [7, 11) is 0. The molecule has 1 fully saturated rings. The molecular weight excluding hydrogens is 128 g/mol. The van der Waals surface area contributed by atoms with Gasteiger partial charge in [-0.3, -0.25) is 0 Å². The molecular formula is C8H16O2. The van der Waals surface area contributed by atoms with Crippen LogP contribution in [0.5, 0.6) is 0 Å². The standard InChI is InChI=1S/C8H16O2/c1-3-7(9)8-4-6(2)5-10-8/h6-9H,3-5H2,1-2H3. The molecule has 1 saturated heterocycles. The van der Waals surface area contributed by atoms with Gasteiger partial charge >= 0.3 is 0 Å². The number of rotatable bonds is 2. The first-order chi connectivity index (χ1) is 4.74. The van der Waals surface area contributed by atoms with E-state index in [4.69, 9.17) is 4.74 Å². The minimum absolute atomic E-state index is 0.111. The second-order valence-electron chi connectivity index (χ2n) is 3.19. The van der Waals surface area contributed by atoms with Gasteiger partial charge in [0.2, 0.25) is 0 Å². The van der Waals surface area contributed by atoms with Crippen LogP contribution in [0, 0.1) is 5.92 Å². The first-order valence-electron chi connectivity index (χ1n) is 4.03. The molecule has 0 saturated carbocycles. The highest BCUT2D eigenvalue weighted by atomic mass is 16.5. The Kier molecular flexibility index (Phi) is 2.69. The first-order valence-corrected chi connectivity index (χ1v) is 4.03. The van der Waals surface area contributed by atoms with Crippen molar-refractivity contribution in [2.75, 3.05) is 6.61 Å². The maximum Gasteiger partial charge on any atom is 0.0837 e. The van der Waals surface area contributed by atoms with E-state index >= 15 is 0 Å². The second-order valence-corrected chi connectivity index (χ2v) is 3.19. The Labute approximate surface area is 62.2 Å². The zero-order valence-corrected chi connectivity index (χ0v) is 6.71. The van der Waals surface area contributed by atoms with Gasteiger partial charge in [0, 0.05) is 6.61 Å². The predicted octanol–water partition coefficient (Wildman–Crippen LogP) is 1.18. The average molecular weight is 144 g/mol. The number of aliphatic hydroxyl groups is 1. The largest absolute Gasteiger partial charge is 0.390 e. The SMILES string of the molecule is CCC(O)C1CC(C)CO1. The van der Waals surface area contributed by atoms with Gasteiger partial charge in [0.05, 0.1) is 12.2 Å². The fourth-order valence-electron chi connectivity index (χ4n) is 1.35. The molecule has 0 aromatic rings. The highest BCUT2D eigenvalue weighted by Gasteiger charge is 2.26. The van der Waals surface area contributed by atoms with Crippen LogP contribution in [0.3, 0.4) is 0 Å². The molecule has 2 nitrogen and oxygen atoms in total. The van der Waals surface area contributed by atoms with E-state index in [1.54, 1.807) is 0 Å². The summed E-state index contributed by atoms with van der Waals surface area (Å²) in [6.07, 6.45) is 1.69. The number of aliphatic hydroxyl groups excluding tert-OH is 1. The topological polar surface area (TPSA) is 29.5 Å². The molecule has 1 aliphatic rings. The molecule has 1 aliphatic heterocycles. The van der Waals surface area contributed by atoms with Crippen LogP contribution in [0.25, 0.3) is 0 Å². The van der Waals surface area contributed by atoms with Gasteiger partial charge in [0.1, 0.15) is 0 Å². The van der Waals surface area contributed by atoms with Crippen molar-refractivity contribution in [3.8, 4) is 0 Å². The van der Waals surface area contributed by atoms with E-state index in [9.17, 15) is 5.11 Å². The van der Waals surface area contributed by atoms with Gasteiger partial charge in [0.25, 0.3) is 0 Å². The number of ether oxygens (including phenoxy) is 1. The quantitative estimate of drug-likeness (QED) is 0.630. The van der Waals surface area contributed by atoms with E-state index in [1.165, 1.54) is 0 Å². The van der Waals surface area contributed by atoms with Crippen LogP contribution in [0.4, 0.5) is 0 Å². The lowest BCUT2D eigenvalue weighted by atomic mass is 10.0. The summed E-state index contributed by atoms with van der Waals surface area (Å²) in [5.41, 5.74) is 0. The number of hydrogen-bond acceptors (Lipinski definition) is 2. The zero-order valence-electron chi connectivity index (χ0n) is 6.71. The zero-order chi connectivity index (χ0) is 7.56. The third kappa shape index (κ3) is 1.70. The smallest absolute Gasteiger partial charge is 0.0837 e. The molecule has 0 aromatic heterocycles. The van der Waals surface area contributed by atoms with Crippen molar-refractivity contribution < 1.29 is 9.84 Å². The van der Waals surface area contributed by atoms with Crippen molar-refractivity contribution in [3.05, 3.63) is 0 Å². The van der Waals surface area contributed by atoms with Gasteiger partial charge < -0.3 is 9.84 Å². The Bertz CT molecular complexity index is 103. The van der Waals surface area contributed by atoms with E-state index in [1.807, 2.05) is 6.92 Å². The van der Waals surface area contributed by atoms with E-state index in [2.05, 4.69) is 6.92 Å². The molecule has 0 amide bonds. The molecule has 0 bridgehead atoms. The Morgan fingerprint density at radius 1 is 1.70 bits per heavy atom. The third-order valence-corrected chi connectivity index (χ3v) is 2.08. The Morgan fingerprint density at radius 3 is 2.80 bits per heavy atom. The first kappa shape index (κ1) is 8.02. The summed E-state index contributed by atoms with van der Waals surface area (Å²) in [5.74, 6) is 0.631. The lowest BCUT2D eigenvalue weighted by Gasteiger charge is -2.14. The molecule has 3 atom stereocenters. The lowest BCUT2D eigenvalue weighted by molar-refractivity contribution is -0.00326. The second kappa shape index (κ2) is 3.35. The molecule has 3 unspecified atom stereocenters. The van der Waals surface area contributed by atoms with Crippen molar-refractivity contribution in [2.24, 2.45) is 5.92 Å². The van der Waals surface area contributed by atoms with Crippen molar-refractivity contribution >= 4 is 0 Å². The fraction of sp³-hybridized carbons (Fsp3) is 1.00. The van der Waals surface area contributed by atoms with E-state index in [-0.39, 0.29) is 12.2 Å². The molecule has 0 radical (unpaired) electrons. The fourth-order valence-corrected chi connectivity index (χ4v) is 1.35. The summed E-state index contributed by atoms with van der Waals surface area (Å²) in [6.45, 7) is 4.96. The minimum atomic E-state index is -0.245. The van der Waals surface area contributed by atoms with E-state index in [0.29, 0.717) is 5.92 Å². The molecule has 1 rings (SSSR count). The summed E-state index contributed by atoms with van der Waals surface area (Å²) < 4.78 is 5.37. The summed E-state index contributed by atoms with van der Waals surface area (Å²) in [5, 5.41) is 9.35. The van der Waals surface area contributed by atoms with Crippen molar-refractivity contribution in [1.82, 2.24) is 0 Å². The van der Waals surface area contributed by atoms with E-state index < -0.39 is 0 Å². The lowest BCUT2D eigenvalue weighted by Crippen LogP contribution is -2.23. The van der Waals surface area contributed by atoms with Crippen LogP contribution in [-0.4, -0.2) is 23.9 Å². The maximum absolute atomic E-state index is 9.35. The van der Waals surface area contributed by atoms with Crippen molar-refractivity contribution in [1.29, 1.82) is 0 Å². The molecule has 0 aromatic carbocycles. The molecule has 1 N–H and O–H groups in total. The highest BCUT2D eigenvalue weighted by molar-refractivity contribution is 4.75. The molecule has 0 aliphatic carbocycles. The Balaban J connectivity index is 2.29. The van der Waals surface area contributed by atoms with Gasteiger partial charge in [-0.25, -0.2) is 0 Å². The Morgan fingerprint density at radius 2 is 2.40 bits per heavy atom. The van der Waals surface area contributed by atoms with Crippen LogP contribution >= 0.6 is 0 Å². The van der Waals surface area contributed by atoms with Crippen LogP contribution in [0.2, 0.25) is 0 Å². The summed E-state index contributed by atoms with van der Waals surface area (Å²) in [4.78, 5) is 0. The summed E-state index contributed by atoms with van der Waals surface area (Å²) in [6, 6.07) is 0. The van der Waals surface area contributed by atoms with Crippen LogP contribution in [0.15, 0.2) is 0 Å². The minimum Gasteiger partial charge on any atom is -0.390 e. The normalized spacial score (nSPS) is 36.3. The van der Waals surface area contributed by atoms with Gasteiger partial charge in [0.15, 0.2) is 0 Å². The van der Waals surface area contributed by atoms with E-state index in [0.717, 1.165) is 19.4 Å². The van der Waals surface area contributed by atoms with Crippen LogP contribution in [0.1, 0.15) is 26.7 Å².